The Bertz CT molecular complexity index is 763. The van der Waals surface area contributed by atoms with Crippen molar-refractivity contribution in [3.63, 3.8) is 0 Å². The Kier molecular flexibility index (Phi) is 15.3. The first-order valence-electron chi connectivity index (χ1n) is 12.0. The molecule has 1 aromatic carbocycles. The van der Waals surface area contributed by atoms with Gasteiger partial charge >= 0.3 is 5.97 Å². The van der Waals surface area contributed by atoms with Gasteiger partial charge in [0.1, 0.15) is 6.10 Å². The van der Waals surface area contributed by atoms with E-state index in [9.17, 15) is 14.9 Å². The number of methoxy groups -OCH3 is 2. The maximum Gasteiger partial charge on any atom is 0.338 e. The van der Waals surface area contributed by atoms with Crippen molar-refractivity contribution in [3.8, 4) is 0 Å². The average molecular weight is 479 g/mol. The lowest BCUT2D eigenvalue weighted by molar-refractivity contribution is -0.384. The van der Waals surface area contributed by atoms with Crippen molar-refractivity contribution in [2.75, 3.05) is 14.2 Å². The highest BCUT2D eigenvalue weighted by molar-refractivity contribution is 5.89. The second kappa shape index (κ2) is 17.8. The number of azide groups is 1. The fourth-order valence-corrected chi connectivity index (χ4v) is 3.75. The third kappa shape index (κ3) is 12.0. The smallest absolute Gasteiger partial charge is 0.338 e. The van der Waals surface area contributed by atoms with E-state index in [0.29, 0.717) is 25.7 Å². The zero-order chi connectivity index (χ0) is 25.2. The summed E-state index contributed by atoms with van der Waals surface area (Å²) in [5.41, 5.74) is 9.16. The van der Waals surface area contributed by atoms with Gasteiger partial charge in [-0.3, -0.25) is 10.1 Å². The maximum atomic E-state index is 12.7. The molecule has 0 spiro atoms. The van der Waals surface area contributed by atoms with Gasteiger partial charge in [-0.2, -0.15) is 0 Å². The topological polar surface area (TPSA) is 137 Å². The number of carbonyl (C=O) groups excluding carboxylic acids is 1. The van der Waals surface area contributed by atoms with Gasteiger partial charge in [0.2, 0.25) is 0 Å². The van der Waals surface area contributed by atoms with Gasteiger partial charge in [-0.05, 0) is 49.8 Å². The fraction of sp³-hybridized carbons (Fsp3) is 0.708. The number of carbonyl (C=O) groups is 1. The number of unbranched alkanes of at least 4 members (excludes halogenated alkanes) is 6. The van der Waals surface area contributed by atoms with E-state index in [1.807, 2.05) is 0 Å². The average Bonchev–Trinajstić information content (AvgIpc) is 2.84. The molecule has 0 aliphatic carbocycles. The van der Waals surface area contributed by atoms with Gasteiger partial charge in [-0.25, -0.2) is 4.79 Å². The predicted molar refractivity (Wildman–Crippen MR) is 130 cm³/mol. The number of benzene rings is 1. The van der Waals surface area contributed by atoms with E-state index < -0.39 is 23.3 Å². The van der Waals surface area contributed by atoms with Gasteiger partial charge in [0.25, 0.3) is 5.69 Å². The van der Waals surface area contributed by atoms with Crippen LogP contribution in [0.15, 0.2) is 29.4 Å². The summed E-state index contributed by atoms with van der Waals surface area (Å²) in [5.74, 6) is -0.547. The first-order chi connectivity index (χ1) is 16.4. The van der Waals surface area contributed by atoms with E-state index in [2.05, 4.69) is 16.9 Å². The van der Waals surface area contributed by atoms with Crippen molar-refractivity contribution in [2.45, 2.75) is 96.0 Å². The summed E-state index contributed by atoms with van der Waals surface area (Å²) in [5, 5.41) is 14.8. The van der Waals surface area contributed by atoms with Crippen LogP contribution in [0.4, 0.5) is 5.69 Å². The highest BCUT2D eigenvalue weighted by atomic mass is 16.7. The van der Waals surface area contributed by atoms with Crippen LogP contribution < -0.4 is 0 Å². The third-order valence-electron chi connectivity index (χ3n) is 5.73. The van der Waals surface area contributed by atoms with Gasteiger partial charge < -0.3 is 14.2 Å². The SMILES string of the molecule is CCCCCCCCC[C@@H](C[C@H](CCC(OC)OC)N=[N+]=[N-])OC(=O)c1ccc([N+](=O)[O-])cc1. The number of rotatable bonds is 19. The molecule has 190 valence electrons. The Balaban J connectivity index is 2.78. The number of hydrogen-bond donors (Lipinski definition) is 0. The van der Waals surface area contributed by atoms with E-state index in [4.69, 9.17) is 19.7 Å². The number of esters is 1. The zero-order valence-electron chi connectivity index (χ0n) is 20.6. The molecule has 0 N–H and O–H groups in total. The quantitative estimate of drug-likeness (QED) is 0.0316. The van der Waals surface area contributed by atoms with Crippen LogP contribution >= 0.6 is 0 Å². The van der Waals surface area contributed by atoms with Gasteiger partial charge in [-0.15, -0.1) is 0 Å². The predicted octanol–water partition coefficient (Wildman–Crippen LogP) is 6.73. The van der Waals surface area contributed by atoms with E-state index in [1.54, 1.807) is 14.2 Å². The highest BCUT2D eigenvalue weighted by Crippen LogP contribution is 2.21. The molecule has 10 nitrogen and oxygen atoms in total. The monoisotopic (exact) mass is 478 g/mol. The Morgan fingerprint density at radius 3 is 2.21 bits per heavy atom. The van der Waals surface area contributed by atoms with Crippen LogP contribution in [0.3, 0.4) is 0 Å². The van der Waals surface area contributed by atoms with Crippen LogP contribution in [0, 0.1) is 10.1 Å². The summed E-state index contributed by atoms with van der Waals surface area (Å²) in [6, 6.07) is 4.95. The molecule has 0 saturated carbocycles. The van der Waals surface area contributed by atoms with Crippen LogP contribution in [-0.2, 0) is 14.2 Å². The molecule has 0 heterocycles. The molecule has 34 heavy (non-hydrogen) atoms. The minimum Gasteiger partial charge on any atom is -0.459 e. The Morgan fingerprint density at radius 2 is 1.65 bits per heavy atom. The Morgan fingerprint density at radius 1 is 1.03 bits per heavy atom. The van der Waals surface area contributed by atoms with E-state index in [-0.39, 0.29) is 17.3 Å². The fourth-order valence-electron chi connectivity index (χ4n) is 3.75. The minimum absolute atomic E-state index is 0.0922. The van der Waals surface area contributed by atoms with Crippen molar-refractivity contribution in [3.05, 3.63) is 50.4 Å². The number of nitrogens with zero attached hydrogens (tertiary/aromatic N) is 4. The van der Waals surface area contributed by atoms with E-state index in [0.717, 1.165) is 19.3 Å². The number of non-ortho nitro benzene ring substituents is 1. The lowest BCUT2D eigenvalue weighted by Gasteiger charge is -2.22. The molecule has 0 radical (unpaired) electrons. The van der Waals surface area contributed by atoms with Crippen LogP contribution in [0.25, 0.3) is 10.4 Å². The van der Waals surface area contributed by atoms with Crippen LogP contribution in [0.2, 0.25) is 0 Å². The molecule has 1 rings (SSSR count). The summed E-state index contributed by atoms with van der Waals surface area (Å²) >= 11 is 0. The number of nitro benzene ring substituents is 1. The molecular formula is C24H38N4O6. The van der Waals surface area contributed by atoms with E-state index in [1.165, 1.54) is 49.9 Å². The lowest BCUT2D eigenvalue weighted by Crippen LogP contribution is -2.24. The summed E-state index contributed by atoms with van der Waals surface area (Å²) in [6.07, 6.45) is 9.21. The molecule has 0 aliphatic heterocycles. The number of ether oxygens (including phenoxy) is 3. The van der Waals surface area contributed by atoms with Crippen molar-refractivity contribution < 1.29 is 23.9 Å². The lowest BCUT2D eigenvalue weighted by atomic mass is 9.99. The molecule has 2 atom stereocenters. The molecule has 0 unspecified atom stereocenters. The molecule has 0 saturated heterocycles. The Labute approximate surface area is 201 Å². The molecule has 10 heteroatoms. The number of hydrogen-bond acceptors (Lipinski definition) is 7. The van der Waals surface area contributed by atoms with Crippen LogP contribution in [-0.4, -0.2) is 43.5 Å². The van der Waals surface area contributed by atoms with Crippen LogP contribution in [0.5, 0.6) is 0 Å². The van der Waals surface area contributed by atoms with Crippen molar-refractivity contribution in [1.82, 2.24) is 0 Å². The molecule has 1 aromatic rings. The van der Waals surface area contributed by atoms with Crippen LogP contribution in [0.1, 0.15) is 87.9 Å². The molecular weight excluding hydrogens is 440 g/mol. The summed E-state index contributed by atoms with van der Waals surface area (Å²) in [7, 11) is 3.10. The molecule has 0 fully saturated rings. The zero-order valence-corrected chi connectivity index (χ0v) is 20.6. The van der Waals surface area contributed by atoms with Gasteiger partial charge in [0, 0.05) is 37.3 Å². The maximum absolute atomic E-state index is 12.7. The number of nitro groups is 1. The second-order valence-corrected chi connectivity index (χ2v) is 8.31. The first-order valence-corrected chi connectivity index (χ1v) is 12.0. The first kappa shape index (κ1) is 29.4. The second-order valence-electron chi connectivity index (χ2n) is 8.31. The van der Waals surface area contributed by atoms with Crippen molar-refractivity contribution >= 4 is 11.7 Å². The van der Waals surface area contributed by atoms with Crippen molar-refractivity contribution in [2.24, 2.45) is 5.11 Å². The molecule has 0 amide bonds. The van der Waals surface area contributed by atoms with E-state index >= 15 is 0 Å². The Hall–Kier alpha value is -2.68. The highest BCUT2D eigenvalue weighted by Gasteiger charge is 2.22. The van der Waals surface area contributed by atoms with Gasteiger partial charge in [-0.1, -0.05) is 50.6 Å². The van der Waals surface area contributed by atoms with Gasteiger partial charge in [0.15, 0.2) is 6.29 Å². The third-order valence-corrected chi connectivity index (χ3v) is 5.73. The largest absolute Gasteiger partial charge is 0.459 e. The minimum atomic E-state index is -0.547. The normalized spacial score (nSPS) is 12.7. The van der Waals surface area contributed by atoms with Crippen molar-refractivity contribution in [1.29, 1.82) is 0 Å². The molecule has 0 aromatic heterocycles. The molecule has 0 aliphatic rings. The van der Waals surface area contributed by atoms with Gasteiger partial charge in [0.05, 0.1) is 10.5 Å². The standard InChI is InChI=1S/C24H38N4O6/c1-4-5-6-7-8-9-10-11-22(18-20(26-27-25)14-17-23(32-2)33-3)34-24(29)19-12-15-21(16-13-19)28(30)31/h12-13,15-16,20,22-23H,4-11,14,17-18H2,1-3H3/t20-,22-/m0/s1. The molecule has 0 bridgehead atoms. The summed E-state index contributed by atoms with van der Waals surface area (Å²) in [6.45, 7) is 2.19. The summed E-state index contributed by atoms with van der Waals surface area (Å²) in [4.78, 5) is 26.0. The summed E-state index contributed by atoms with van der Waals surface area (Å²) < 4.78 is 16.2.